The Kier molecular flexibility index (Phi) is 4.45. The molecule has 0 unspecified atom stereocenters. The molecule has 9 heteroatoms. The largest absolute Gasteiger partial charge is 0.433 e. The summed E-state index contributed by atoms with van der Waals surface area (Å²) < 4.78 is 37.8. The van der Waals surface area contributed by atoms with Crippen molar-refractivity contribution in [2.45, 2.75) is 13.1 Å². The van der Waals surface area contributed by atoms with Gasteiger partial charge in [0.1, 0.15) is 10.8 Å². The zero-order chi connectivity index (χ0) is 19.1. The Labute approximate surface area is 149 Å². The number of anilines is 1. The summed E-state index contributed by atoms with van der Waals surface area (Å²) in [5.41, 5.74) is 0.113. The normalized spacial score (nSPS) is 11.6. The molecule has 0 radical (unpaired) electrons. The minimum atomic E-state index is -4.65. The number of alkyl halides is 3. The monoisotopic (exact) mass is 381 g/mol. The first kappa shape index (κ1) is 17.9. The van der Waals surface area contributed by atoms with Crippen LogP contribution in [0.15, 0.2) is 41.2 Å². The summed E-state index contributed by atoms with van der Waals surface area (Å²) in [5.74, 6) is -0.697. The number of rotatable bonds is 2. The molecule has 0 aliphatic rings. The van der Waals surface area contributed by atoms with Crippen LogP contribution in [0.4, 0.5) is 18.9 Å². The van der Waals surface area contributed by atoms with Crippen molar-refractivity contribution in [2.24, 2.45) is 0 Å². The number of aromatic amines is 1. The summed E-state index contributed by atoms with van der Waals surface area (Å²) >= 11 is 5.72. The lowest BCUT2D eigenvalue weighted by molar-refractivity contribution is -0.141. The standard InChI is InChI=1S/C17H11ClF3N3O2/c1-8-6-14(25)23-12-4-2-9(7-11(8)12)22-16(26)10-3-5-13(17(19,20)21)24-15(10)18/h2-7H,1H3,(H,22,26)(H,23,25). The van der Waals surface area contributed by atoms with Crippen molar-refractivity contribution in [3.05, 3.63) is 68.7 Å². The number of aryl methyl sites for hydroxylation is 1. The van der Waals surface area contributed by atoms with Crippen molar-refractivity contribution >= 4 is 34.1 Å². The van der Waals surface area contributed by atoms with E-state index in [4.69, 9.17) is 11.6 Å². The number of benzene rings is 1. The molecule has 0 spiro atoms. The molecule has 2 aromatic heterocycles. The molecule has 0 bridgehead atoms. The zero-order valence-corrected chi connectivity index (χ0v) is 14.0. The molecule has 2 heterocycles. The third-order valence-electron chi connectivity index (χ3n) is 3.69. The van der Waals surface area contributed by atoms with Crippen molar-refractivity contribution in [1.29, 1.82) is 0 Å². The molecule has 0 fully saturated rings. The molecule has 0 aliphatic heterocycles. The average Bonchev–Trinajstić information content (AvgIpc) is 2.54. The van der Waals surface area contributed by atoms with Crippen molar-refractivity contribution in [3.63, 3.8) is 0 Å². The van der Waals surface area contributed by atoms with Gasteiger partial charge in [0.15, 0.2) is 0 Å². The molecule has 5 nitrogen and oxygen atoms in total. The highest BCUT2D eigenvalue weighted by molar-refractivity contribution is 6.33. The fraction of sp³-hybridized carbons (Fsp3) is 0.118. The highest BCUT2D eigenvalue weighted by atomic mass is 35.5. The SMILES string of the molecule is Cc1cc(=O)[nH]c2ccc(NC(=O)c3ccc(C(F)(F)F)nc3Cl)cc12. The second-order valence-electron chi connectivity index (χ2n) is 5.56. The zero-order valence-electron chi connectivity index (χ0n) is 13.2. The minimum absolute atomic E-state index is 0.182. The number of amides is 1. The lowest BCUT2D eigenvalue weighted by atomic mass is 10.1. The second-order valence-corrected chi connectivity index (χ2v) is 5.92. The Morgan fingerprint density at radius 3 is 2.58 bits per heavy atom. The predicted octanol–water partition coefficient (Wildman–Crippen LogP) is 4.16. The van der Waals surface area contributed by atoms with Gasteiger partial charge in [0, 0.05) is 22.7 Å². The molecule has 2 N–H and O–H groups in total. The number of nitrogens with one attached hydrogen (secondary N) is 2. The van der Waals surface area contributed by atoms with Crippen LogP contribution in [0.5, 0.6) is 0 Å². The van der Waals surface area contributed by atoms with E-state index in [2.05, 4.69) is 15.3 Å². The summed E-state index contributed by atoms with van der Waals surface area (Å²) in [6.45, 7) is 1.75. The van der Waals surface area contributed by atoms with E-state index in [9.17, 15) is 22.8 Å². The number of hydrogen-bond donors (Lipinski definition) is 2. The molecule has 0 aliphatic carbocycles. The maximum absolute atomic E-state index is 12.6. The predicted molar refractivity (Wildman–Crippen MR) is 91.5 cm³/mol. The fourth-order valence-corrected chi connectivity index (χ4v) is 2.70. The van der Waals surface area contributed by atoms with E-state index in [1.54, 1.807) is 25.1 Å². The maximum atomic E-state index is 12.6. The third kappa shape index (κ3) is 3.55. The van der Waals surface area contributed by atoms with Gasteiger partial charge < -0.3 is 10.3 Å². The van der Waals surface area contributed by atoms with Gasteiger partial charge in [-0.25, -0.2) is 4.98 Å². The lowest BCUT2D eigenvalue weighted by Crippen LogP contribution is -2.15. The Bertz CT molecular complexity index is 1080. The summed E-state index contributed by atoms with van der Waals surface area (Å²) in [6.07, 6.45) is -4.65. The number of fused-ring (bicyclic) bond motifs is 1. The number of nitrogens with zero attached hydrogens (tertiary/aromatic N) is 1. The van der Waals surface area contributed by atoms with Gasteiger partial charge in [0.25, 0.3) is 5.91 Å². The summed E-state index contributed by atoms with van der Waals surface area (Å²) in [7, 11) is 0. The van der Waals surface area contributed by atoms with E-state index >= 15 is 0 Å². The average molecular weight is 382 g/mol. The van der Waals surface area contributed by atoms with Crippen LogP contribution < -0.4 is 10.9 Å². The Morgan fingerprint density at radius 1 is 1.19 bits per heavy atom. The van der Waals surface area contributed by atoms with Crippen molar-refractivity contribution in [3.8, 4) is 0 Å². The smallest absolute Gasteiger partial charge is 0.322 e. The summed E-state index contributed by atoms with van der Waals surface area (Å²) in [4.78, 5) is 29.6. The second kappa shape index (κ2) is 6.45. The Morgan fingerprint density at radius 2 is 1.92 bits per heavy atom. The maximum Gasteiger partial charge on any atom is 0.433 e. The van der Waals surface area contributed by atoms with E-state index in [0.717, 1.165) is 11.5 Å². The van der Waals surface area contributed by atoms with Crippen molar-refractivity contribution in [2.75, 3.05) is 5.32 Å². The summed E-state index contributed by atoms with van der Waals surface area (Å²) in [5, 5.41) is 2.73. The third-order valence-corrected chi connectivity index (χ3v) is 3.98. The molecule has 0 saturated heterocycles. The molecular weight excluding hydrogens is 371 g/mol. The number of carbonyl (C=O) groups excluding carboxylic acids is 1. The van der Waals surface area contributed by atoms with E-state index in [0.29, 0.717) is 22.8 Å². The van der Waals surface area contributed by atoms with E-state index in [1.165, 1.54) is 6.07 Å². The first-order chi connectivity index (χ1) is 12.1. The molecule has 1 aromatic carbocycles. The van der Waals surface area contributed by atoms with E-state index in [-0.39, 0.29) is 11.1 Å². The molecule has 3 aromatic rings. The molecule has 3 rings (SSSR count). The molecule has 134 valence electrons. The van der Waals surface area contributed by atoms with Crippen LogP contribution in [0.3, 0.4) is 0 Å². The Balaban J connectivity index is 1.91. The topological polar surface area (TPSA) is 74.8 Å². The number of halogens is 4. The lowest BCUT2D eigenvalue weighted by Gasteiger charge is -2.10. The van der Waals surface area contributed by atoms with Gasteiger partial charge in [0.2, 0.25) is 5.56 Å². The van der Waals surface area contributed by atoms with Gasteiger partial charge in [-0.05, 0) is 42.8 Å². The van der Waals surface area contributed by atoms with Crippen LogP contribution in [-0.4, -0.2) is 15.9 Å². The van der Waals surface area contributed by atoms with Crippen LogP contribution in [0.2, 0.25) is 5.15 Å². The van der Waals surface area contributed by atoms with E-state index in [1.807, 2.05) is 0 Å². The highest BCUT2D eigenvalue weighted by Crippen LogP contribution is 2.29. The van der Waals surface area contributed by atoms with Gasteiger partial charge >= 0.3 is 6.18 Å². The number of pyridine rings is 2. The van der Waals surface area contributed by atoms with Crippen LogP contribution in [0.25, 0.3) is 10.9 Å². The highest BCUT2D eigenvalue weighted by Gasteiger charge is 2.33. The Hall–Kier alpha value is -2.87. The quantitative estimate of drug-likeness (QED) is 0.655. The molecule has 1 amide bonds. The molecule has 26 heavy (non-hydrogen) atoms. The fourth-order valence-electron chi connectivity index (χ4n) is 2.46. The van der Waals surface area contributed by atoms with Gasteiger partial charge in [-0.15, -0.1) is 0 Å². The number of aromatic nitrogens is 2. The van der Waals surface area contributed by atoms with Gasteiger partial charge in [0.05, 0.1) is 5.56 Å². The first-order valence-corrected chi connectivity index (χ1v) is 7.72. The van der Waals surface area contributed by atoms with Gasteiger partial charge in [-0.1, -0.05) is 11.6 Å². The van der Waals surface area contributed by atoms with Gasteiger partial charge in [-0.3, -0.25) is 9.59 Å². The number of carbonyl (C=O) groups is 1. The van der Waals surface area contributed by atoms with E-state index < -0.39 is 22.9 Å². The minimum Gasteiger partial charge on any atom is -0.322 e. The van der Waals surface area contributed by atoms with Crippen LogP contribution in [0.1, 0.15) is 21.6 Å². The van der Waals surface area contributed by atoms with Crippen LogP contribution in [0, 0.1) is 6.92 Å². The number of hydrogen-bond acceptors (Lipinski definition) is 3. The summed E-state index contributed by atoms with van der Waals surface area (Å²) in [6, 6.07) is 7.90. The number of H-pyrrole nitrogens is 1. The van der Waals surface area contributed by atoms with Crippen LogP contribution in [-0.2, 0) is 6.18 Å². The molecule has 0 atom stereocenters. The van der Waals surface area contributed by atoms with Crippen molar-refractivity contribution < 1.29 is 18.0 Å². The molecular formula is C17H11ClF3N3O2. The first-order valence-electron chi connectivity index (χ1n) is 7.34. The molecule has 0 saturated carbocycles. The van der Waals surface area contributed by atoms with Gasteiger partial charge in [-0.2, -0.15) is 13.2 Å². The van der Waals surface area contributed by atoms with Crippen molar-refractivity contribution in [1.82, 2.24) is 9.97 Å². The van der Waals surface area contributed by atoms with Crippen LogP contribution >= 0.6 is 11.6 Å².